The largest absolute Gasteiger partial charge is 0.544 e. The van der Waals surface area contributed by atoms with Gasteiger partial charge in [-0.25, -0.2) is 4.98 Å². The molecule has 6 heteroatoms. The number of aromatic amines is 1. The molecule has 1 N–H and O–H groups in total. The van der Waals surface area contributed by atoms with E-state index in [2.05, 4.69) is 22.6 Å². The van der Waals surface area contributed by atoms with E-state index < -0.39 is 12.0 Å². The first-order valence-electron chi connectivity index (χ1n) is 4.55. The maximum absolute atomic E-state index is 11.0. The van der Waals surface area contributed by atoms with Crippen molar-refractivity contribution in [2.24, 2.45) is 0 Å². The number of aromatic nitrogens is 2. The van der Waals surface area contributed by atoms with Gasteiger partial charge < -0.3 is 19.4 Å². The molecule has 84 valence electrons. The van der Waals surface area contributed by atoms with Crippen molar-refractivity contribution in [2.75, 3.05) is 21.1 Å². The number of carboxylic acids is 1. The Hall–Kier alpha value is -1.01. The van der Waals surface area contributed by atoms with Gasteiger partial charge in [0.05, 0.1) is 39.1 Å². The van der Waals surface area contributed by atoms with E-state index in [1.807, 2.05) is 21.1 Å². The van der Waals surface area contributed by atoms with Gasteiger partial charge in [0.25, 0.3) is 0 Å². The summed E-state index contributed by atoms with van der Waals surface area (Å²) < 4.78 is 0.300. The number of nitrogens with zero attached hydrogens (tertiary/aromatic N) is 2. The topological polar surface area (TPSA) is 68.8 Å². The van der Waals surface area contributed by atoms with Gasteiger partial charge in [0, 0.05) is 6.42 Å². The predicted octanol–water partition coefficient (Wildman–Crippen LogP) is -0.934. The SMILES string of the molecule is C[N+](C)(C)[C@@H](Cc1[nH]cnc1S)C(=O)[O-]. The summed E-state index contributed by atoms with van der Waals surface area (Å²) in [6.45, 7) is 0. The zero-order valence-corrected chi connectivity index (χ0v) is 9.91. The molecule has 1 aromatic heterocycles. The summed E-state index contributed by atoms with van der Waals surface area (Å²) in [6, 6.07) is -0.614. The van der Waals surface area contributed by atoms with E-state index in [0.29, 0.717) is 15.9 Å². The maximum Gasteiger partial charge on any atom is 0.134 e. The standard InChI is InChI=1S/C9H15N3O2S/c1-12(2,3)7(9(13)14)4-6-8(15)11-5-10-6/h5,7H,4H2,1-3H3,(H2-,10,11,13,14,15)/t7-/m0/s1. The fourth-order valence-corrected chi connectivity index (χ4v) is 1.54. The van der Waals surface area contributed by atoms with Gasteiger partial charge in [0.15, 0.2) is 0 Å². The molecule has 0 fully saturated rings. The van der Waals surface area contributed by atoms with Crippen LogP contribution < -0.4 is 5.11 Å². The smallest absolute Gasteiger partial charge is 0.134 e. The Morgan fingerprint density at radius 3 is 2.60 bits per heavy atom. The molecule has 5 nitrogen and oxygen atoms in total. The lowest BCUT2D eigenvalue weighted by Crippen LogP contribution is -2.56. The predicted molar refractivity (Wildman–Crippen MR) is 56.4 cm³/mol. The molecule has 1 rings (SSSR count). The third-order valence-corrected chi connectivity index (χ3v) is 2.69. The molecule has 1 atom stereocenters. The quantitative estimate of drug-likeness (QED) is 0.517. The number of thiol groups is 1. The highest BCUT2D eigenvalue weighted by atomic mass is 32.1. The number of likely N-dealkylation sites (N-methyl/N-ethyl adjacent to an activating group) is 1. The minimum absolute atomic E-state index is 0.300. The number of hydrogen-bond donors (Lipinski definition) is 2. The van der Waals surface area contributed by atoms with Crippen LogP contribution in [0.5, 0.6) is 0 Å². The van der Waals surface area contributed by atoms with Crippen LogP contribution in [0.15, 0.2) is 11.4 Å². The first-order valence-corrected chi connectivity index (χ1v) is 5.00. The monoisotopic (exact) mass is 229 g/mol. The van der Waals surface area contributed by atoms with Crippen LogP contribution in [0.1, 0.15) is 5.69 Å². The average Bonchev–Trinajstić information content (AvgIpc) is 2.44. The lowest BCUT2D eigenvalue weighted by Gasteiger charge is -2.34. The first-order chi connectivity index (χ1) is 6.82. The maximum atomic E-state index is 11.0. The number of H-pyrrole nitrogens is 1. The third kappa shape index (κ3) is 2.97. The number of rotatable bonds is 4. The van der Waals surface area contributed by atoms with Crippen molar-refractivity contribution in [3.05, 3.63) is 12.0 Å². The third-order valence-electron chi connectivity index (χ3n) is 2.30. The van der Waals surface area contributed by atoms with Crippen LogP contribution in [0.3, 0.4) is 0 Å². The van der Waals surface area contributed by atoms with E-state index in [1.165, 1.54) is 6.33 Å². The molecule has 0 bridgehead atoms. The molecule has 1 aromatic rings. The molecular weight excluding hydrogens is 214 g/mol. The number of nitrogens with one attached hydrogen (secondary N) is 1. The molecular formula is C9H15N3O2S. The van der Waals surface area contributed by atoms with E-state index in [0.717, 1.165) is 5.69 Å². The van der Waals surface area contributed by atoms with Crippen LogP contribution in [-0.4, -0.2) is 47.6 Å². The summed E-state index contributed by atoms with van der Waals surface area (Å²) in [5.74, 6) is -1.06. The zero-order chi connectivity index (χ0) is 11.6. The molecule has 0 saturated heterocycles. The van der Waals surface area contributed by atoms with Crippen LogP contribution in [0.2, 0.25) is 0 Å². The summed E-state index contributed by atoms with van der Waals surface area (Å²) in [5, 5.41) is 11.5. The van der Waals surface area contributed by atoms with Crippen molar-refractivity contribution in [3.8, 4) is 0 Å². The van der Waals surface area contributed by atoms with E-state index in [4.69, 9.17) is 0 Å². The molecule has 0 aliphatic carbocycles. The summed E-state index contributed by atoms with van der Waals surface area (Å²) in [7, 11) is 5.44. The van der Waals surface area contributed by atoms with Crippen LogP contribution >= 0.6 is 12.6 Å². The van der Waals surface area contributed by atoms with Crippen molar-refractivity contribution >= 4 is 18.6 Å². The zero-order valence-electron chi connectivity index (χ0n) is 9.02. The number of aliphatic carboxylic acids is 1. The Morgan fingerprint density at radius 1 is 1.67 bits per heavy atom. The second kappa shape index (κ2) is 4.24. The molecule has 0 saturated carbocycles. The van der Waals surface area contributed by atoms with Crippen LogP contribution in [0, 0.1) is 0 Å². The summed E-state index contributed by atoms with van der Waals surface area (Å²) in [5.41, 5.74) is 0.723. The van der Waals surface area contributed by atoms with Crippen molar-refractivity contribution in [1.82, 2.24) is 9.97 Å². The minimum Gasteiger partial charge on any atom is -0.544 e. The molecule has 0 aliphatic heterocycles. The van der Waals surface area contributed by atoms with Crippen molar-refractivity contribution < 1.29 is 14.4 Å². The summed E-state index contributed by atoms with van der Waals surface area (Å²) in [6.07, 6.45) is 1.84. The van der Waals surface area contributed by atoms with Gasteiger partial charge in [-0.05, 0) is 0 Å². The van der Waals surface area contributed by atoms with Gasteiger partial charge in [0.1, 0.15) is 11.1 Å². The fourth-order valence-electron chi connectivity index (χ4n) is 1.33. The van der Waals surface area contributed by atoms with E-state index in [1.54, 1.807) is 0 Å². The highest BCUT2D eigenvalue weighted by Gasteiger charge is 2.26. The number of carbonyl (C=O) groups is 1. The molecule has 0 spiro atoms. The Bertz CT molecular complexity index is 356. The lowest BCUT2D eigenvalue weighted by atomic mass is 10.1. The van der Waals surface area contributed by atoms with E-state index in [9.17, 15) is 9.90 Å². The first kappa shape index (κ1) is 12.1. The number of carbonyl (C=O) groups excluding carboxylic acids is 1. The number of hydrogen-bond acceptors (Lipinski definition) is 4. The van der Waals surface area contributed by atoms with Crippen LogP contribution in [-0.2, 0) is 11.2 Å². The molecule has 1 heterocycles. The van der Waals surface area contributed by atoms with Gasteiger partial charge >= 0.3 is 0 Å². The summed E-state index contributed by atoms with van der Waals surface area (Å²) >= 11 is 4.13. The van der Waals surface area contributed by atoms with E-state index in [-0.39, 0.29) is 0 Å². The van der Waals surface area contributed by atoms with E-state index >= 15 is 0 Å². The Balaban J connectivity index is 2.86. The lowest BCUT2D eigenvalue weighted by molar-refractivity contribution is -0.889. The van der Waals surface area contributed by atoms with Gasteiger partial charge in [-0.15, -0.1) is 12.6 Å². The molecule has 0 radical (unpaired) electrons. The number of quaternary nitrogens is 1. The van der Waals surface area contributed by atoms with Crippen molar-refractivity contribution in [3.63, 3.8) is 0 Å². The van der Waals surface area contributed by atoms with Crippen molar-refractivity contribution in [2.45, 2.75) is 17.5 Å². The molecule has 0 unspecified atom stereocenters. The highest BCUT2D eigenvalue weighted by molar-refractivity contribution is 7.80. The fraction of sp³-hybridized carbons (Fsp3) is 0.556. The normalized spacial score (nSPS) is 13.9. The average molecular weight is 229 g/mol. The molecule has 0 amide bonds. The van der Waals surface area contributed by atoms with Gasteiger partial charge in [-0.2, -0.15) is 0 Å². The number of imidazole rings is 1. The van der Waals surface area contributed by atoms with Crippen molar-refractivity contribution in [1.29, 1.82) is 0 Å². The second-order valence-electron chi connectivity index (χ2n) is 4.36. The van der Waals surface area contributed by atoms with Gasteiger partial charge in [-0.3, -0.25) is 0 Å². The van der Waals surface area contributed by atoms with Gasteiger partial charge in [-0.1, -0.05) is 0 Å². The Kier molecular flexibility index (Phi) is 3.41. The molecule has 15 heavy (non-hydrogen) atoms. The molecule has 0 aromatic carbocycles. The molecule has 0 aliphatic rings. The second-order valence-corrected chi connectivity index (χ2v) is 4.78. The highest BCUT2D eigenvalue weighted by Crippen LogP contribution is 2.14. The van der Waals surface area contributed by atoms with Crippen LogP contribution in [0.25, 0.3) is 0 Å². The Labute approximate surface area is 94.1 Å². The summed E-state index contributed by atoms with van der Waals surface area (Å²) in [4.78, 5) is 17.8. The minimum atomic E-state index is -1.06. The van der Waals surface area contributed by atoms with Crippen LogP contribution in [0.4, 0.5) is 0 Å². The van der Waals surface area contributed by atoms with Gasteiger partial charge in [0.2, 0.25) is 0 Å². The number of carboxylic acid groups (broad SMARTS) is 1. The Morgan fingerprint density at radius 2 is 2.27 bits per heavy atom.